The molecule has 4 heteroatoms. The summed E-state index contributed by atoms with van der Waals surface area (Å²) in [5, 5.41) is 0. The monoisotopic (exact) mass is 404 g/mol. The number of hydrogen-bond acceptors (Lipinski definition) is 4. The highest BCUT2D eigenvalue weighted by atomic mass is 16.5. The lowest BCUT2D eigenvalue weighted by molar-refractivity contribution is -0.164. The normalized spacial score (nSPS) is 47.3. The van der Waals surface area contributed by atoms with Crippen molar-refractivity contribution < 1.29 is 19.1 Å². The van der Waals surface area contributed by atoms with Gasteiger partial charge < -0.3 is 9.47 Å². The Hall–Kier alpha value is -1.06. The first kappa shape index (κ1) is 21.2. The van der Waals surface area contributed by atoms with Crippen LogP contribution in [-0.4, -0.2) is 24.1 Å². The van der Waals surface area contributed by atoms with E-state index in [1.54, 1.807) is 6.92 Å². The molecule has 0 amide bonds. The number of ether oxygens (including phenoxy) is 2. The van der Waals surface area contributed by atoms with E-state index in [0.29, 0.717) is 22.7 Å². The molecule has 0 radical (unpaired) electrons. The Morgan fingerprint density at radius 1 is 0.862 bits per heavy atom. The molecule has 0 saturated heterocycles. The fraction of sp³-hybridized carbons (Fsp3) is 0.920. The van der Waals surface area contributed by atoms with Crippen molar-refractivity contribution in [3.63, 3.8) is 0 Å². The lowest BCUT2D eigenvalue weighted by atomic mass is 9.44. The average Bonchev–Trinajstić information content (AvgIpc) is 2.98. The molecular formula is C25H40O4. The summed E-state index contributed by atoms with van der Waals surface area (Å²) in [6.45, 7) is 10.2. The zero-order valence-corrected chi connectivity index (χ0v) is 19.0. The van der Waals surface area contributed by atoms with Crippen molar-refractivity contribution in [1.82, 2.24) is 0 Å². The van der Waals surface area contributed by atoms with Gasteiger partial charge in [-0.25, -0.2) is 0 Å². The van der Waals surface area contributed by atoms with E-state index >= 15 is 0 Å². The van der Waals surface area contributed by atoms with Crippen molar-refractivity contribution in [2.24, 2.45) is 40.4 Å². The van der Waals surface area contributed by atoms with E-state index in [1.165, 1.54) is 51.9 Å². The Labute approximate surface area is 176 Å². The van der Waals surface area contributed by atoms with E-state index in [4.69, 9.17) is 9.47 Å². The standard InChI is InChI=1S/C25H40O4/c1-15(28-16(2)26)21-8-9-22-20-7-6-18-14-19(29-17(3)27)10-12-24(18,4)23(20)11-13-25(21,22)5/h15,18-23H,6-14H2,1-5H3/t15-,18+,19-,20-,21?,22-,23-,24-,25+/m0/s1. The molecule has 0 aliphatic heterocycles. The van der Waals surface area contributed by atoms with Crippen LogP contribution < -0.4 is 0 Å². The molecule has 4 aliphatic carbocycles. The highest BCUT2D eigenvalue weighted by Gasteiger charge is 2.61. The second kappa shape index (κ2) is 7.57. The minimum Gasteiger partial charge on any atom is -0.463 e. The molecule has 1 unspecified atom stereocenters. The topological polar surface area (TPSA) is 52.6 Å². The summed E-state index contributed by atoms with van der Waals surface area (Å²) < 4.78 is 11.3. The van der Waals surface area contributed by atoms with Crippen molar-refractivity contribution in [2.75, 3.05) is 0 Å². The van der Waals surface area contributed by atoms with Crippen LogP contribution in [0.5, 0.6) is 0 Å². The first-order valence-corrected chi connectivity index (χ1v) is 12.0. The van der Waals surface area contributed by atoms with E-state index in [0.717, 1.165) is 30.6 Å². The summed E-state index contributed by atoms with van der Waals surface area (Å²) in [6, 6.07) is 0. The minimum atomic E-state index is -0.143. The van der Waals surface area contributed by atoms with E-state index in [-0.39, 0.29) is 24.1 Å². The second-order valence-electron chi connectivity index (χ2n) is 11.2. The summed E-state index contributed by atoms with van der Waals surface area (Å²) in [5.74, 6) is 3.32. The van der Waals surface area contributed by atoms with Gasteiger partial charge in [0.15, 0.2) is 0 Å². The number of hydrogen-bond donors (Lipinski definition) is 0. The van der Waals surface area contributed by atoms with Crippen LogP contribution in [-0.2, 0) is 19.1 Å². The third-order valence-corrected chi connectivity index (χ3v) is 9.94. The van der Waals surface area contributed by atoms with Crippen molar-refractivity contribution in [3.8, 4) is 0 Å². The third kappa shape index (κ3) is 3.53. The molecule has 4 nitrogen and oxygen atoms in total. The van der Waals surface area contributed by atoms with Gasteiger partial charge in [0.25, 0.3) is 0 Å². The van der Waals surface area contributed by atoms with Gasteiger partial charge in [-0.15, -0.1) is 0 Å². The predicted molar refractivity (Wildman–Crippen MR) is 112 cm³/mol. The summed E-state index contributed by atoms with van der Waals surface area (Å²) >= 11 is 0. The quantitative estimate of drug-likeness (QED) is 0.581. The molecule has 4 aliphatic rings. The zero-order chi connectivity index (χ0) is 21.0. The van der Waals surface area contributed by atoms with Gasteiger partial charge >= 0.3 is 11.9 Å². The Morgan fingerprint density at radius 3 is 2.24 bits per heavy atom. The van der Waals surface area contributed by atoms with Gasteiger partial charge in [-0.3, -0.25) is 9.59 Å². The van der Waals surface area contributed by atoms with E-state index in [1.807, 2.05) is 0 Å². The number of rotatable bonds is 3. The van der Waals surface area contributed by atoms with Crippen LogP contribution in [0, 0.1) is 40.4 Å². The number of carbonyl (C=O) groups is 2. The van der Waals surface area contributed by atoms with E-state index in [2.05, 4.69) is 20.8 Å². The van der Waals surface area contributed by atoms with Crippen LogP contribution in [0.3, 0.4) is 0 Å². The van der Waals surface area contributed by atoms with Crippen LogP contribution in [0.25, 0.3) is 0 Å². The van der Waals surface area contributed by atoms with Gasteiger partial charge in [-0.05, 0) is 99.2 Å². The minimum absolute atomic E-state index is 0.0325. The Kier molecular flexibility index (Phi) is 5.53. The first-order chi connectivity index (χ1) is 13.6. The van der Waals surface area contributed by atoms with E-state index in [9.17, 15) is 9.59 Å². The molecule has 4 fully saturated rings. The molecular weight excluding hydrogens is 364 g/mol. The van der Waals surface area contributed by atoms with Crippen LogP contribution >= 0.6 is 0 Å². The first-order valence-electron chi connectivity index (χ1n) is 12.0. The number of fused-ring (bicyclic) bond motifs is 5. The Morgan fingerprint density at radius 2 is 1.55 bits per heavy atom. The fourth-order valence-electron chi connectivity index (χ4n) is 8.72. The number of esters is 2. The van der Waals surface area contributed by atoms with Crippen LogP contribution in [0.2, 0.25) is 0 Å². The van der Waals surface area contributed by atoms with Crippen LogP contribution in [0.1, 0.15) is 92.4 Å². The summed E-state index contributed by atoms with van der Waals surface area (Å²) in [5.41, 5.74) is 0.717. The van der Waals surface area contributed by atoms with Crippen LogP contribution in [0.4, 0.5) is 0 Å². The van der Waals surface area contributed by atoms with Crippen molar-refractivity contribution in [3.05, 3.63) is 0 Å². The molecule has 0 heterocycles. The van der Waals surface area contributed by atoms with Gasteiger partial charge in [0.1, 0.15) is 12.2 Å². The zero-order valence-electron chi connectivity index (χ0n) is 19.0. The average molecular weight is 405 g/mol. The summed E-state index contributed by atoms with van der Waals surface area (Å²) in [6.07, 6.45) is 11.2. The molecule has 0 aromatic carbocycles. The van der Waals surface area contributed by atoms with Crippen molar-refractivity contribution in [1.29, 1.82) is 0 Å². The van der Waals surface area contributed by atoms with Gasteiger partial charge in [0.2, 0.25) is 0 Å². The second-order valence-corrected chi connectivity index (χ2v) is 11.2. The van der Waals surface area contributed by atoms with Gasteiger partial charge in [-0.1, -0.05) is 13.8 Å². The summed E-state index contributed by atoms with van der Waals surface area (Å²) in [7, 11) is 0. The maximum absolute atomic E-state index is 11.5. The van der Waals surface area contributed by atoms with Gasteiger partial charge in [-0.2, -0.15) is 0 Å². The Bertz CT molecular complexity index is 659. The lowest BCUT2D eigenvalue weighted by Crippen LogP contribution is -2.54. The highest BCUT2D eigenvalue weighted by molar-refractivity contribution is 5.66. The maximum atomic E-state index is 11.5. The SMILES string of the molecule is CC(=O)O[C@H]1CC[C@@]2(C)[C@H](CC[C@@H]3[C@@H]2CC[C@]2(C)C([C@H](C)OC(C)=O)CC[C@@H]32)C1. The van der Waals surface area contributed by atoms with Crippen molar-refractivity contribution in [2.45, 2.75) is 105 Å². The maximum Gasteiger partial charge on any atom is 0.302 e. The molecule has 164 valence electrons. The molecule has 0 aromatic rings. The summed E-state index contributed by atoms with van der Waals surface area (Å²) in [4.78, 5) is 23.0. The third-order valence-electron chi connectivity index (χ3n) is 9.94. The lowest BCUT2D eigenvalue weighted by Gasteiger charge is -2.61. The molecule has 0 N–H and O–H groups in total. The molecule has 4 rings (SSSR count). The van der Waals surface area contributed by atoms with E-state index < -0.39 is 0 Å². The van der Waals surface area contributed by atoms with Gasteiger partial charge in [0, 0.05) is 19.8 Å². The molecule has 0 aromatic heterocycles. The molecule has 0 spiro atoms. The predicted octanol–water partition coefficient (Wildman–Crippen LogP) is 5.53. The molecule has 0 bridgehead atoms. The largest absolute Gasteiger partial charge is 0.463 e. The smallest absolute Gasteiger partial charge is 0.302 e. The number of carbonyl (C=O) groups excluding carboxylic acids is 2. The fourth-order valence-corrected chi connectivity index (χ4v) is 8.72. The Balaban J connectivity index is 1.50. The molecule has 29 heavy (non-hydrogen) atoms. The van der Waals surface area contributed by atoms with Crippen LogP contribution in [0.15, 0.2) is 0 Å². The van der Waals surface area contributed by atoms with Gasteiger partial charge in [0.05, 0.1) is 0 Å². The highest BCUT2D eigenvalue weighted by Crippen LogP contribution is 2.68. The molecule has 9 atom stereocenters. The molecule has 4 saturated carbocycles. The van der Waals surface area contributed by atoms with Crippen molar-refractivity contribution >= 4 is 11.9 Å².